The molecule has 0 aliphatic rings. The van der Waals surface area contributed by atoms with Crippen molar-refractivity contribution in [1.29, 1.82) is 5.26 Å². The third-order valence-electron chi connectivity index (χ3n) is 2.20. The number of anilines is 2. The molecule has 20 heavy (non-hydrogen) atoms. The minimum absolute atomic E-state index is 0.0278. The van der Waals surface area contributed by atoms with E-state index in [0.29, 0.717) is 11.3 Å². The molecule has 0 amide bonds. The molecule has 2 aromatic rings. The van der Waals surface area contributed by atoms with Crippen molar-refractivity contribution in [3.8, 4) is 6.07 Å². The topological polar surface area (TPSA) is 105 Å². The van der Waals surface area contributed by atoms with Crippen LogP contribution < -0.4 is 10.5 Å². The molecular formula is C13H12N4O2S. The SMILES string of the molecule is N#Cc1cccc(NS)c1.Nc1cccc([N+](=O)[O-])c1. The van der Waals surface area contributed by atoms with Gasteiger partial charge in [-0.1, -0.05) is 24.9 Å². The number of rotatable bonds is 2. The van der Waals surface area contributed by atoms with E-state index in [0.717, 1.165) is 5.69 Å². The molecule has 0 aromatic heterocycles. The van der Waals surface area contributed by atoms with Crippen LogP contribution in [0.2, 0.25) is 0 Å². The van der Waals surface area contributed by atoms with E-state index < -0.39 is 4.92 Å². The smallest absolute Gasteiger partial charge is 0.271 e. The van der Waals surface area contributed by atoms with E-state index >= 15 is 0 Å². The Morgan fingerprint density at radius 1 is 1.25 bits per heavy atom. The second-order valence-corrected chi connectivity index (χ2v) is 3.88. The summed E-state index contributed by atoms with van der Waals surface area (Å²) in [6.45, 7) is 0. The van der Waals surface area contributed by atoms with Gasteiger partial charge in [-0.25, -0.2) is 0 Å². The van der Waals surface area contributed by atoms with Crippen LogP contribution in [0.1, 0.15) is 5.56 Å². The summed E-state index contributed by atoms with van der Waals surface area (Å²) in [5.74, 6) is 0. The van der Waals surface area contributed by atoms with E-state index in [4.69, 9.17) is 11.0 Å². The molecule has 0 aliphatic carbocycles. The molecule has 2 rings (SSSR count). The molecule has 0 bridgehead atoms. The zero-order valence-corrected chi connectivity index (χ0v) is 11.2. The first-order valence-electron chi connectivity index (χ1n) is 5.47. The number of nitrogens with one attached hydrogen (secondary N) is 1. The van der Waals surface area contributed by atoms with E-state index in [1.54, 1.807) is 30.3 Å². The number of nitro groups is 1. The molecule has 3 N–H and O–H groups in total. The number of nitrogens with two attached hydrogens (primary N) is 1. The molecule has 6 nitrogen and oxygen atoms in total. The highest BCUT2D eigenvalue weighted by Gasteiger charge is 2.02. The average Bonchev–Trinajstić information content (AvgIpc) is 2.48. The lowest BCUT2D eigenvalue weighted by molar-refractivity contribution is -0.384. The second kappa shape index (κ2) is 7.66. The molecule has 0 spiro atoms. The van der Waals surface area contributed by atoms with E-state index in [1.807, 2.05) is 12.1 Å². The van der Waals surface area contributed by atoms with Gasteiger partial charge in [0.2, 0.25) is 0 Å². The molecule has 102 valence electrons. The maximum atomic E-state index is 10.1. The Morgan fingerprint density at radius 2 is 1.95 bits per heavy atom. The van der Waals surface area contributed by atoms with Crippen molar-refractivity contribution in [3.63, 3.8) is 0 Å². The predicted octanol–water partition coefficient (Wildman–Crippen LogP) is 2.99. The fourth-order valence-corrected chi connectivity index (χ4v) is 1.44. The first-order valence-corrected chi connectivity index (χ1v) is 5.91. The standard InChI is InChI=1S/C7H6N2S.C6H6N2O2/c8-5-6-2-1-3-7(4-6)9-10;7-5-2-1-3-6(4-5)8(9)10/h1-4,9-10H;1-4H,7H2. The maximum absolute atomic E-state index is 10.1. The van der Waals surface area contributed by atoms with Crippen LogP contribution in [0, 0.1) is 21.4 Å². The van der Waals surface area contributed by atoms with Crippen molar-refractivity contribution < 1.29 is 4.92 Å². The molecule has 0 fully saturated rings. The van der Waals surface area contributed by atoms with E-state index in [-0.39, 0.29) is 5.69 Å². The molecular weight excluding hydrogens is 276 g/mol. The predicted molar refractivity (Wildman–Crippen MR) is 81.3 cm³/mol. The lowest BCUT2D eigenvalue weighted by Gasteiger charge is -1.95. The molecule has 0 atom stereocenters. The lowest BCUT2D eigenvalue weighted by Crippen LogP contribution is -1.89. The number of thiol groups is 1. The Kier molecular flexibility index (Phi) is 5.87. The number of nitriles is 1. The zero-order valence-electron chi connectivity index (χ0n) is 10.4. The number of nitrogens with zero attached hydrogens (tertiary/aromatic N) is 2. The first-order chi connectivity index (χ1) is 9.56. The highest BCUT2D eigenvalue weighted by atomic mass is 32.1. The molecule has 2 aromatic carbocycles. The van der Waals surface area contributed by atoms with Crippen molar-refractivity contribution >= 4 is 29.9 Å². The zero-order chi connectivity index (χ0) is 15.0. The van der Waals surface area contributed by atoms with Crippen molar-refractivity contribution in [2.75, 3.05) is 10.5 Å². The summed E-state index contributed by atoms with van der Waals surface area (Å²) in [4.78, 5) is 9.63. The van der Waals surface area contributed by atoms with Crippen LogP contribution in [0.4, 0.5) is 17.1 Å². The summed E-state index contributed by atoms with van der Waals surface area (Å²) in [5.41, 5.74) is 7.20. The summed E-state index contributed by atoms with van der Waals surface area (Å²) in [6.07, 6.45) is 0. The van der Waals surface area contributed by atoms with Gasteiger partial charge in [0.05, 0.1) is 16.6 Å². The van der Waals surface area contributed by atoms with Gasteiger partial charge in [0.15, 0.2) is 0 Å². The van der Waals surface area contributed by atoms with Crippen molar-refractivity contribution in [3.05, 3.63) is 64.2 Å². The van der Waals surface area contributed by atoms with Gasteiger partial charge >= 0.3 is 0 Å². The molecule has 0 saturated heterocycles. The fourth-order valence-electron chi connectivity index (χ4n) is 1.30. The summed E-state index contributed by atoms with van der Waals surface area (Å²) in [7, 11) is 0. The Labute approximate surface area is 121 Å². The number of hydrogen-bond acceptors (Lipinski definition) is 6. The van der Waals surface area contributed by atoms with Crippen LogP contribution in [-0.4, -0.2) is 4.92 Å². The number of nitro benzene ring substituents is 1. The normalized spacial score (nSPS) is 8.80. The highest BCUT2D eigenvalue weighted by Crippen LogP contribution is 2.13. The van der Waals surface area contributed by atoms with Crippen LogP contribution in [0.25, 0.3) is 0 Å². The number of hydrogen-bond donors (Lipinski definition) is 3. The Balaban J connectivity index is 0.000000200. The van der Waals surface area contributed by atoms with E-state index in [9.17, 15) is 10.1 Å². The minimum Gasteiger partial charge on any atom is -0.399 e. The monoisotopic (exact) mass is 288 g/mol. The molecule has 7 heteroatoms. The van der Waals surface area contributed by atoms with E-state index in [2.05, 4.69) is 17.5 Å². The Morgan fingerprint density at radius 3 is 2.45 bits per heavy atom. The van der Waals surface area contributed by atoms with Crippen LogP contribution in [0.15, 0.2) is 48.5 Å². The second-order valence-electron chi connectivity index (χ2n) is 3.66. The van der Waals surface area contributed by atoms with Gasteiger partial charge in [0.25, 0.3) is 5.69 Å². The summed E-state index contributed by atoms with van der Waals surface area (Å²) in [5, 5.41) is 18.6. The highest BCUT2D eigenvalue weighted by molar-refractivity contribution is 7.81. The van der Waals surface area contributed by atoms with Gasteiger partial charge in [0.1, 0.15) is 0 Å². The van der Waals surface area contributed by atoms with Crippen LogP contribution in [0.5, 0.6) is 0 Å². The molecule has 0 saturated carbocycles. The van der Waals surface area contributed by atoms with Gasteiger partial charge in [-0.15, -0.1) is 0 Å². The lowest BCUT2D eigenvalue weighted by atomic mass is 10.2. The van der Waals surface area contributed by atoms with Gasteiger partial charge in [-0.2, -0.15) is 5.26 Å². The largest absolute Gasteiger partial charge is 0.399 e. The van der Waals surface area contributed by atoms with Gasteiger partial charge < -0.3 is 10.5 Å². The van der Waals surface area contributed by atoms with Crippen LogP contribution in [0.3, 0.4) is 0 Å². The fraction of sp³-hybridized carbons (Fsp3) is 0. The van der Waals surface area contributed by atoms with Gasteiger partial charge in [-0.3, -0.25) is 10.1 Å². The van der Waals surface area contributed by atoms with E-state index in [1.165, 1.54) is 12.1 Å². The molecule has 0 radical (unpaired) electrons. The average molecular weight is 288 g/mol. The third-order valence-corrected chi connectivity index (χ3v) is 2.46. The van der Waals surface area contributed by atoms with Gasteiger partial charge in [0, 0.05) is 23.5 Å². The van der Waals surface area contributed by atoms with Crippen molar-refractivity contribution in [1.82, 2.24) is 0 Å². The molecule has 0 aliphatic heterocycles. The molecule has 0 unspecified atom stereocenters. The van der Waals surface area contributed by atoms with Crippen LogP contribution >= 0.6 is 12.8 Å². The number of nitrogen functional groups attached to an aromatic ring is 1. The Hall–Kier alpha value is -2.72. The van der Waals surface area contributed by atoms with Gasteiger partial charge in [-0.05, 0) is 24.3 Å². The van der Waals surface area contributed by atoms with Crippen molar-refractivity contribution in [2.24, 2.45) is 0 Å². The first kappa shape index (κ1) is 15.3. The van der Waals surface area contributed by atoms with Crippen molar-refractivity contribution in [2.45, 2.75) is 0 Å². The maximum Gasteiger partial charge on any atom is 0.271 e. The summed E-state index contributed by atoms with van der Waals surface area (Å²) >= 11 is 3.84. The summed E-state index contributed by atoms with van der Waals surface area (Å²) < 4.78 is 2.64. The number of non-ortho nitro benzene ring substituents is 1. The minimum atomic E-state index is -0.476. The number of benzene rings is 2. The molecule has 0 heterocycles. The third kappa shape index (κ3) is 4.88. The Bertz CT molecular complexity index is 640. The quantitative estimate of drug-likeness (QED) is 0.341. The van der Waals surface area contributed by atoms with Crippen LogP contribution in [-0.2, 0) is 0 Å². The summed E-state index contributed by atoms with van der Waals surface area (Å²) in [6, 6.07) is 15.0.